The van der Waals surface area contributed by atoms with Crippen LogP contribution in [0.25, 0.3) is 0 Å². The van der Waals surface area contributed by atoms with E-state index < -0.39 is 11.7 Å². The van der Waals surface area contributed by atoms with Crippen molar-refractivity contribution in [2.45, 2.75) is 32.1 Å². The van der Waals surface area contributed by atoms with Crippen LogP contribution in [0.4, 0.5) is 13.2 Å². The number of nitrogens with one attached hydrogen (secondary N) is 1. The van der Waals surface area contributed by atoms with Crippen LogP contribution < -0.4 is 10.1 Å². The summed E-state index contributed by atoms with van der Waals surface area (Å²) >= 11 is 0. The molecule has 0 radical (unpaired) electrons. The van der Waals surface area contributed by atoms with Gasteiger partial charge in [0, 0.05) is 17.6 Å². The second-order valence-electron chi connectivity index (χ2n) is 5.48. The van der Waals surface area contributed by atoms with E-state index in [1.807, 2.05) is 38.1 Å². The molecule has 0 aromatic heterocycles. The molecule has 2 aromatic rings. The molecule has 2 unspecified atom stereocenters. The second kappa shape index (κ2) is 7.04. The average Bonchev–Trinajstić information content (AvgIpc) is 2.54. The fourth-order valence-corrected chi connectivity index (χ4v) is 2.57. The standard InChI is InChI=1S/C18H20F3NO/c1-12(14-7-6-8-15(11-14)18(19,20)21)22-13(2)16-9-4-5-10-17(16)23-3/h4-13,22H,1-3H3. The van der Waals surface area contributed by atoms with E-state index >= 15 is 0 Å². The van der Waals surface area contributed by atoms with Gasteiger partial charge in [-0.1, -0.05) is 30.3 Å². The minimum absolute atomic E-state index is 0.0595. The first-order chi connectivity index (χ1) is 10.8. The van der Waals surface area contributed by atoms with Crippen molar-refractivity contribution in [2.75, 3.05) is 7.11 Å². The van der Waals surface area contributed by atoms with Gasteiger partial charge in [0.25, 0.3) is 0 Å². The number of benzene rings is 2. The molecule has 2 nitrogen and oxygen atoms in total. The van der Waals surface area contributed by atoms with E-state index in [4.69, 9.17) is 4.74 Å². The number of methoxy groups -OCH3 is 1. The normalized spacial score (nSPS) is 14.3. The molecule has 1 N–H and O–H groups in total. The van der Waals surface area contributed by atoms with Gasteiger partial charge in [0.15, 0.2) is 0 Å². The predicted molar refractivity (Wildman–Crippen MR) is 84.4 cm³/mol. The van der Waals surface area contributed by atoms with Crippen LogP contribution in [0.2, 0.25) is 0 Å². The van der Waals surface area contributed by atoms with Gasteiger partial charge in [-0.2, -0.15) is 13.2 Å². The summed E-state index contributed by atoms with van der Waals surface area (Å²) in [5.74, 6) is 0.753. The van der Waals surface area contributed by atoms with Crippen LogP contribution in [0.1, 0.15) is 42.6 Å². The van der Waals surface area contributed by atoms with Crippen LogP contribution in [-0.2, 0) is 6.18 Å². The largest absolute Gasteiger partial charge is 0.496 e. The molecule has 0 heterocycles. The van der Waals surface area contributed by atoms with Crippen molar-refractivity contribution >= 4 is 0 Å². The molecule has 0 amide bonds. The Hall–Kier alpha value is -2.01. The van der Waals surface area contributed by atoms with Crippen LogP contribution in [0.15, 0.2) is 48.5 Å². The molecule has 0 saturated heterocycles. The lowest BCUT2D eigenvalue weighted by molar-refractivity contribution is -0.137. The smallest absolute Gasteiger partial charge is 0.416 e. The fraction of sp³-hybridized carbons (Fsp3) is 0.333. The fourth-order valence-electron chi connectivity index (χ4n) is 2.57. The molecule has 0 bridgehead atoms. The molecule has 0 aliphatic carbocycles. The monoisotopic (exact) mass is 323 g/mol. The molecule has 23 heavy (non-hydrogen) atoms. The SMILES string of the molecule is COc1ccccc1C(C)NC(C)c1cccc(C(F)(F)F)c1. The van der Waals surface area contributed by atoms with E-state index in [-0.39, 0.29) is 12.1 Å². The third-order valence-electron chi connectivity index (χ3n) is 3.82. The number of halogens is 3. The quantitative estimate of drug-likeness (QED) is 0.824. The minimum atomic E-state index is -4.33. The predicted octanol–water partition coefficient (Wildman–Crippen LogP) is 5.13. The maximum Gasteiger partial charge on any atom is 0.416 e. The van der Waals surface area contributed by atoms with E-state index in [0.29, 0.717) is 5.56 Å². The summed E-state index contributed by atoms with van der Waals surface area (Å²) in [6, 6.07) is 12.7. The zero-order valence-corrected chi connectivity index (χ0v) is 13.3. The van der Waals surface area contributed by atoms with Gasteiger partial charge in [0.05, 0.1) is 12.7 Å². The van der Waals surface area contributed by atoms with Crippen molar-refractivity contribution in [3.8, 4) is 5.75 Å². The van der Waals surface area contributed by atoms with Crippen molar-refractivity contribution in [3.05, 3.63) is 65.2 Å². The summed E-state index contributed by atoms with van der Waals surface area (Å²) in [6.07, 6.45) is -4.33. The first-order valence-electron chi connectivity index (χ1n) is 7.39. The Balaban J connectivity index is 2.17. The van der Waals surface area contributed by atoms with E-state index in [9.17, 15) is 13.2 Å². The lowest BCUT2D eigenvalue weighted by Crippen LogP contribution is -2.23. The second-order valence-corrected chi connectivity index (χ2v) is 5.48. The Morgan fingerprint density at radius 2 is 1.65 bits per heavy atom. The third-order valence-corrected chi connectivity index (χ3v) is 3.82. The molecule has 0 aliphatic rings. The van der Waals surface area contributed by atoms with Crippen molar-refractivity contribution in [1.82, 2.24) is 5.32 Å². The Morgan fingerprint density at radius 1 is 0.957 bits per heavy atom. The highest BCUT2D eigenvalue weighted by atomic mass is 19.4. The first kappa shape index (κ1) is 17.3. The molecule has 5 heteroatoms. The molecular formula is C18H20F3NO. The maximum absolute atomic E-state index is 12.8. The molecule has 0 fully saturated rings. The Morgan fingerprint density at radius 3 is 2.30 bits per heavy atom. The average molecular weight is 323 g/mol. The van der Waals surface area contributed by atoms with Gasteiger partial charge in [0.2, 0.25) is 0 Å². The van der Waals surface area contributed by atoms with Crippen LogP contribution in [0.5, 0.6) is 5.75 Å². The molecule has 0 spiro atoms. The van der Waals surface area contributed by atoms with Gasteiger partial charge in [-0.3, -0.25) is 0 Å². The maximum atomic E-state index is 12.8. The lowest BCUT2D eigenvalue weighted by Gasteiger charge is -2.23. The number of rotatable bonds is 5. The molecule has 0 aliphatic heterocycles. The van der Waals surface area contributed by atoms with Crippen molar-refractivity contribution in [2.24, 2.45) is 0 Å². The summed E-state index contributed by atoms with van der Waals surface area (Å²) in [6.45, 7) is 3.81. The summed E-state index contributed by atoms with van der Waals surface area (Å²) in [4.78, 5) is 0. The van der Waals surface area contributed by atoms with E-state index in [1.54, 1.807) is 13.2 Å². The number of hydrogen-bond acceptors (Lipinski definition) is 2. The molecule has 2 aromatic carbocycles. The highest BCUT2D eigenvalue weighted by Gasteiger charge is 2.30. The molecule has 124 valence electrons. The van der Waals surface area contributed by atoms with E-state index in [2.05, 4.69) is 5.32 Å². The van der Waals surface area contributed by atoms with Crippen LogP contribution in [-0.4, -0.2) is 7.11 Å². The molecule has 2 rings (SSSR count). The highest BCUT2D eigenvalue weighted by Crippen LogP contribution is 2.32. The number of hydrogen-bond donors (Lipinski definition) is 1. The van der Waals surface area contributed by atoms with E-state index in [1.165, 1.54) is 12.1 Å². The topological polar surface area (TPSA) is 21.3 Å². The zero-order chi connectivity index (χ0) is 17.0. The lowest BCUT2D eigenvalue weighted by atomic mass is 10.0. The number of para-hydroxylation sites is 1. The minimum Gasteiger partial charge on any atom is -0.496 e. The Kier molecular flexibility index (Phi) is 5.31. The van der Waals surface area contributed by atoms with E-state index in [0.717, 1.165) is 17.4 Å². The summed E-state index contributed by atoms with van der Waals surface area (Å²) in [5, 5.41) is 3.32. The van der Waals surface area contributed by atoms with Gasteiger partial charge in [-0.05, 0) is 37.6 Å². The van der Waals surface area contributed by atoms with Gasteiger partial charge >= 0.3 is 6.18 Å². The Labute approximate surface area is 134 Å². The van der Waals surface area contributed by atoms with Crippen molar-refractivity contribution < 1.29 is 17.9 Å². The zero-order valence-electron chi connectivity index (χ0n) is 13.3. The highest BCUT2D eigenvalue weighted by molar-refractivity contribution is 5.36. The van der Waals surface area contributed by atoms with Gasteiger partial charge < -0.3 is 10.1 Å². The van der Waals surface area contributed by atoms with Crippen molar-refractivity contribution in [1.29, 1.82) is 0 Å². The molecule has 2 atom stereocenters. The first-order valence-corrected chi connectivity index (χ1v) is 7.39. The summed E-state index contributed by atoms with van der Waals surface area (Å²) < 4.78 is 43.8. The third kappa shape index (κ3) is 4.26. The van der Waals surface area contributed by atoms with Crippen LogP contribution >= 0.6 is 0 Å². The van der Waals surface area contributed by atoms with Gasteiger partial charge in [-0.15, -0.1) is 0 Å². The van der Waals surface area contributed by atoms with Crippen LogP contribution in [0, 0.1) is 0 Å². The molecular weight excluding hydrogens is 303 g/mol. The molecule has 0 saturated carbocycles. The number of alkyl halides is 3. The summed E-state index contributed by atoms with van der Waals surface area (Å²) in [7, 11) is 1.60. The van der Waals surface area contributed by atoms with Gasteiger partial charge in [-0.25, -0.2) is 0 Å². The Bertz CT molecular complexity index is 655. The van der Waals surface area contributed by atoms with Gasteiger partial charge in [0.1, 0.15) is 5.75 Å². The van der Waals surface area contributed by atoms with Crippen LogP contribution in [0.3, 0.4) is 0 Å². The summed E-state index contributed by atoms with van der Waals surface area (Å²) in [5.41, 5.74) is 0.934. The van der Waals surface area contributed by atoms with Crippen molar-refractivity contribution in [3.63, 3.8) is 0 Å². The number of ether oxygens (including phenoxy) is 1.